The van der Waals surface area contributed by atoms with Gasteiger partial charge in [0.05, 0.1) is 28.1 Å². The molecular formula is C25H37N5OS2. The van der Waals surface area contributed by atoms with E-state index in [1.54, 1.807) is 23.1 Å². The summed E-state index contributed by atoms with van der Waals surface area (Å²) in [7, 11) is 0. The summed E-state index contributed by atoms with van der Waals surface area (Å²) in [5, 5.41) is 5.64. The number of hydrogen-bond acceptors (Lipinski definition) is 8. The maximum Gasteiger partial charge on any atom is 0.189 e. The van der Waals surface area contributed by atoms with E-state index in [1.165, 1.54) is 16.5 Å². The van der Waals surface area contributed by atoms with Gasteiger partial charge in [-0.15, -0.1) is 11.3 Å². The number of fused-ring (bicyclic) bond motifs is 5. The number of nitrogens with zero attached hydrogens (tertiary/aromatic N) is 4. The number of thiophene rings is 1. The minimum atomic E-state index is -0.190. The van der Waals surface area contributed by atoms with Crippen molar-refractivity contribution < 1.29 is 4.74 Å². The van der Waals surface area contributed by atoms with Crippen LogP contribution >= 0.6 is 23.1 Å². The highest BCUT2D eigenvalue weighted by molar-refractivity contribution is 7.98. The summed E-state index contributed by atoms with van der Waals surface area (Å²) in [4.78, 5) is 18.5. The molecule has 3 aromatic rings. The first-order valence-corrected chi connectivity index (χ1v) is 14.1. The topological polar surface area (TPSA) is 63.2 Å². The van der Waals surface area contributed by atoms with Crippen LogP contribution in [0.15, 0.2) is 5.16 Å². The molecule has 3 aromatic heterocycles. The zero-order valence-electron chi connectivity index (χ0n) is 21.0. The molecule has 0 amide bonds. The Labute approximate surface area is 205 Å². The van der Waals surface area contributed by atoms with Crippen LogP contribution in [0.2, 0.25) is 0 Å². The molecule has 0 atom stereocenters. The van der Waals surface area contributed by atoms with Crippen molar-refractivity contribution in [3.63, 3.8) is 0 Å². The highest BCUT2D eigenvalue weighted by atomic mass is 32.2. The van der Waals surface area contributed by atoms with E-state index >= 15 is 0 Å². The van der Waals surface area contributed by atoms with Gasteiger partial charge in [-0.25, -0.2) is 15.0 Å². The average Bonchev–Trinajstić information content (AvgIpc) is 3.16. The van der Waals surface area contributed by atoms with Crippen molar-refractivity contribution in [2.24, 2.45) is 0 Å². The molecule has 6 nitrogen and oxygen atoms in total. The molecule has 4 heterocycles. The maximum absolute atomic E-state index is 6.20. The minimum Gasteiger partial charge on any atom is -0.370 e. The number of rotatable bonds is 9. The highest BCUT2D eigenvalue weighted by Gasteiger charge is 2.32. The first-order chi connectivity index (χ1) is 15.8. The lowest BCUT2D eigenvalue weighted by molar-refractivity contribution is -0.0402. The molecule has 1 N–H and O–H groups in total. The number of thioether (sulfide) groups is 1. The molecule has 0 radical (unpaired) electrons. The SMILES string of the molecule is CCN(CC)CCCNc1nc(SC)nc2c1sc1nc(C(C)C)c3c(c12)CC(C)(C)OC3. The van der Waals surface area contributed by atoms with Gasteiger partial charge < -0.3 is 15.0 Å². The predicted molar refractivity (Wildman–Crippen MR) is 142 cm³/mol. The molecular weight excluding hydrogens is 450 g/mol. The summed E-state index contributed by atoms with van der Waals surface area (Å²) >= 11 is 3.32. The molecule has 33 heavy (non-hydrogen) atoms. The fraction of sp³-hybridized carbons (Fsp3) is 0.640. The Morgan fingerprint density at radius 3 is 2.58 bits per heavy atom. The van der Waals surface area contributed by atoms with Crippen LogP contribution in [-0.4, -0.2) is 57.9 Å². The second kappa shape index (κ2) is 10.0. The van der Waals surface area contributed by atoms with Gasteiger partial charge in [0.1, 0.15) is 10.6 Å². The zero-order chi connectivity index (χ0) is 23.8. The Hall–Kier alpha value is -1.48. The van der Waals surface area contributed by atoms with Crippen LogP contribution < -0.4 is 5.32 Å². The fourth-order valence-electron chi connectivity index (χ4n) is 4.62. The largest absolute Gasteiger partial charge is 0.370 e. The molecule has 8 heteroatoms. The number of nitrogens with one attached hydrogen (secondary N) is 1. The van der Waals surface area contributed by atoms with Crippen molar-refractivity contribution in [3.8, 4) is 0 Å². The van der Waals surface area contributed by atoms with Gasteiger partial charge in [-0.05, 0) is 57.6 Å². The van der Waals surface area contributed by atoms with Crippen LogP contribution in [0.5, 0.6) is 0 Å². The molecule has 0 saturated heterocycles. The molecule has 0 spiro atoms. The number of pyridine rings is 1. The van der Waals surface area contributed by atoms with Crippen molar-refractivity contribution in [1.29, 1.82) is 0 Å². The van der Waals surface area contributed by atoms with Crippen molar-refractivity contribution in [3.05, 3.63) is 16.8 Å². The molecule has 0 aliphatic carbocycles. The summed E-state index contributed by atoms with van der Waals surface area (Å²) in [6.07, 6.45) is 4.00. The van der Waals surface area contributed by atoms with Gasteiger partial charge in [-0.3, -0.25) is 0 Å². The third kappa shape index (κ3) is 4.99. The summed E-state index contributed by atoms with van der Waals surface area (Å²) in [6, 6.07) is 0. The molecule has 0 bridgehead atoms. The number of ether oxygens (including phenoxy) is 1. The molecule has 0 aromatic carbocycles. The van der Waals surface area contributed by atoms with E-state index in [1.807, 2.05) is 6.26 Å². The lowest BCUT2D eigenvalue weighted by Gasteiger charge is -2.33. The predicted octanol–water partition coefficient (Wildman–Crippen LogP) is 6.08. The Kier molecular flexibility index (Phi) is 7.48. The molecule has 180 valence electrons. The van der Waals surface area contributed by atoms with Crippen LogP contribution in [0.4, 0.5) is 5.82 Å². The standard InChI is InChI=1S/C25H37N5OS2/c1-8-30(9-2)12-10-11-26-22-21-20(28-24(29-22)32-7)18-16-13-25(5,6)31-14-17(16)19(15(3)4)27-23(18)33-21/h15H,8-14H2,1-7H3,(H,26,28,29). The number of hydrogen-bond donors (Lipinski definition) is 1. The van der Waals surface area contributed by atoms with Gasteiger partial charge in [0.25, 0.3) is 0 Å². The maximum atomic E-state index is 6.20. The molecule has 0 unspecified atom stereocenters. The lowest BCUT2D eigenvalue weighted by Crippen LogP contribution is -2.32. The van der Waals surface area contributed by atoms with E-state index in [2.05, 4.69) is 51.8 Å². The minimum absolute atomic E-state index is 0.190. The van der Waals surface area contributed by atoms with Gasteiger partial charge in [0, 0.05) is 23.9 Å². The Balaban J connectivity index is 1.81. The second-order valence-electron chi connectivity index (χ2n) is 9.66. The van der Waals surface area contributed by atoms with Gasteiger partial charge >= 0.3 is 0 Å². The van der Waals surface area contributed by atoms with Crippen LogP contribution in [-0.2, 0) is 17.8 Å². The summed E-state index contributed by atoms with van der Waals surface area (Å²) in [5.41, 5.74) is 4.63. The van der Waals surface area contributed by atoms with E-state index in [-0.39, 0.29) is 5.60 Å². The number of aromatic nitrogens is 3. The molecule has 1 aliphatic heterocycles. The fourth-order valence-corrected chi connectivity index (χ4v) is 6.10. The summed E-state index contributed by atoms with van der Waals surface area (Å²) in [5.74, 6) is 1.29. The normalized spacial score (nSPS) is 15.7. The average molecular weight is 488 g/mol. The first kappa shape index (κ1) is 24.6. The Morgan fingerprint density at radius 2 is 1.91 bits per heavy atom. The molecule has 0 saturated carbocycles. The van der Waals surface area contributed by atoms with Crippen molar-refractivity contribution in [2.75, 3.05) is 37.8 Å². The van der Waals surface area contributed by atoms with Crippen molar-refractivity contribution in [1.82, 2.24) is 19.9 Å². The Bertz CT molecular complexity index is 1140. The zero-order valence-corrected chi connectivity index (χ0v) is 22.7. The van der Waals surface area contributed by atoms with E-state index in [0.29, 0.717) is 12.5 Å². The van der Waals surface area contributed by atoms with Crippen molar-refractivity contribution >= 4 is 49.3 Å². The summed E-state index contributed by atoms with van der Waals surface area (Å²) < 4.78 is 7.32. The van der Waals surface area contributed by atoms with E-state index in [9.17, 15) is 0 Å². The first-order valence-electron chi connectivity index (χ1n) is 12.1. The van der Waals surface area contributed by atoms with Crippen molar-refractivity contribution in [2.45, 2.75) is 77.7 Å². The second-order valence-corrected chi connectivity index (χ2v) is 11.4. The van der Waals surface area contributed by atoms with Crippen LogP contribution in [0.3, 0.4) is 0 Å². The van der Waals surface area contributed by atoms with Gasteiger partial charge in [-0.1, -0.05) is 39.5 Å². The smallest absolute Gasteiger partial charge is 0.189 e. The van der Waals surface area contributed by atoms with Gasteiger partial charge in [-0.2, -0.15) is 0 Å². The molecule has 1 aliphatic rings. The van der Waals surface area contributed by atoms with Gasteiger partial charge in [0.2, 0.25) is 0 Å². The van der Waals surface area contributed by atoms with Crippen LogP contribution in [0.1, 0.15) is 70.7 Å². The highest BCUT2D eigenvalue weighted by Crippen LogP contribution is 2.43. The number of anilines is 1. The third-order valence-corrected chi connectivity index (χ3v) is 8.10. The van der Waals surface area contributed by atoms with E-state index < -0.39 is 0 Å². The van der Waals surface area contributed by atoms with E-state index in [4.69, 9.17) is 19.7 Å². The van der Waals surface area contributed by atoms with E-state index in [0.717, 1.165) is 70.7 Å². The molecule has 4 rings (SSSR count). The third-order valence-electron chi connectivity index (χ3n) is 6.47. The van der Waals surface area contributed by atoms with Crippen LogP contribution in [0, 0.1) is 0 Å². The Morgan fingerprint density at radius 1 is 1.15 bits per heavy atom. The molecule has 0 fully saturated rings. The summed E-state index contributed by atoms with van der Waals surface area (Å²) in [6.45, 7) is 18.0. The van der Waals surface area contributed by atoms with Crippen LogP contribution in [0.25, 0.3) is 20.4 Å². The van der Waals surface area contributed by atoms with Gasteiger partial charge in [0.15, 0.2) is 5.16 Å². The lowest BCUT2D eigenvalue weighted by atomic mass is 9.87. The quantitative estimate of drug-likeness (QED) is 0.223. The monoisotopic (exact) mass is 487 g/mol.